The molecule has 0 heterocycles. The third-order valence-electron chi connectivity index (χ3n) is 6.05. The molecular weight excluding hydrogens is 494 g/mol. The van der Waals surface area contributed by atoms with Crippen molar-refractivity contribution in [1.82, 2.24) is 15.5 Å². The lowest BCUT2D eigenvalue weighted by Crippen LogP contribution is -2.54. The molecule has 0 radical (unpaired) electrons. The van der Waals surface area contributed by atoms with E-state index in [0.29, 0.717) is 16.7 Å². The van der Waals surface area contributed by atoms with Gasteiger partial charge >= 0.3 is 6.09 Å². The van der Waals surface area contributed by atoms with Crippen LogP contribution in [0.3, 0.4) is 0 Å². The number of phenolic OH excluding ortho intramolecular Hbond substituents is 1. The second kappa shape index (κ2) is 14.2. The fourth-order valence-corrected chi connectivity index (χ4v) is 4.24. The molecule has 0 aromatic heterocycles. The number of hydrogen-bond acceptors (Lipinski definition) is 5. The van der Waals surface area contributed by atoms with Crippen LogP contribution in [0.15, 0.2) is 48.5 Å². The number of alkyl carbamates (subject to hydrolysis) is 1. The van der Waals surface area contributed by atoms with E-state index in [0.717, 1.165) is 12.8 Å². The quantitative estimate of drug-likeness (QED) is 0.362. The minimum Gasteiger partial charge on any atom is -0.508 e. The highest BCUT2D eigenvalue weighted by atomic mass is 16.6. The van der Waals surface area contributed by atoms with Crippen molar-refractivity contribution >= 4 is 17.9 Å². The summed E-state index contributed by atoms with van der Waals surface area (Å²) >= 11 is 0. The van der Waals surface area contributed by atoms with Gasteiger partial charge in [0.25, 0.3) is 0 Å². The van der Waals surface area contributed by atoms with E-state index in [1.807, 2.05) is 13.8 Å². The lowest BCUT2D eigenvalue weighted by molar-refractivity contribution is -0.142. The summed E-state index contributed by atoms with van der Waals surface area (Å²) in [6.07, 6.45) is 6.59. The summed E-state index contributed by atoms with van der Waals surface area (Å²) < 4.78 is 5.43. The first-order valence-corrected chi connectivity index (χ1v) is 13.3. The second-order valence-electron chi connectivity index (χ2n) is 10.6. The van der Waals surface area contributed by atoms with E-state index in [1.54, 1.807) is 64.1 Å². The van der Waals surface area contributed by atoms with E-state index in [2.05, 4.69) is 16.6 Å². The monoisotopic (exact) mass is 535 g/mol. The molecule has 2 aromatic rings. The number of likely N-dealkylation sites (N-methyl/N-ethyl adjacent to an activating group) is 1. The van der Waals surface area contributed by atoms with E-state index in [4.69, 9.17) is 11.2 Å². The predicted octanol–water partition coefficient (Wildman–Crippen LogP) is 4.70. The first-order valence-electron chi connectivity index (χ1n) is 13.3. The molecule has 0 aliphatic rings. The zero-order valence-electron chi connectivity index (χ0n) is 23.8. The SMILES string of the molecule is C#Cc1ccc(C(C(=O)NC(C)CCC)N(CC)C(=O)C(Cc2ccc(O)cc2)NC(=O)OC(C)(C)C)cc1. The van der Waals surface area contributed by atoms with E-state index in [1.165, 1.54) is 17.0 Å². The second-order valence-corrected chi connectivity index (χ2v) is 10.6. The Morgan fingerprint density at radius 2 is 1.64 bits per heavy atom. The number of carbonyl (C=O) groups excluding carboxylic acids is 3. The molecule has 0 saturated heterocycles. The highest BCUT2D eigenvalue weighted by molar-refractivity contribution is 5.92. The fourth-order valence-electron chi connectivity index (χ4n) is 4.24. The van der Waals surface area contributed by atoms with Crippen molar-refractivity contribution in [1.29, 1.82) is 0 Å². The Morgan fingerprint density at radius 1 is 1.03 bits per heavy atom. The number of carbonyl (C=O) groups is 3. The molecule has 2 rings (SSSR count). The summed E-state index contributed by atoms with van der Waals surface area (Å²) in [5, 5.41) is 15.4. The number of terminal acetylenes is 1. The predicted molar refractivity (Wildman–Crippen MR) is 152 cm³/mol. The van der Waals surface area contributed by atoms with Crippen LogP contribution >= 0.6 is 0 Å². The normalized spacial score (nSPS) is 13.4. The van der Waals surface area contributed by atoms with E-state index >= 15 is 0 Å². The van der Waals surface area contributed by atoms with E-state index < -0.39 is 29.7 Å². The van der Waals surface area contributed by atoms with Gasteiger partial charge in [-0.05, 0) is 76.4 Å². The maximum absolute atomic E-state index is 14.1. The third-order valence-corrected chi connectivity index (χ3v) is 6.05. The van der Waals surface area contributed by atoms with Crippen LogP contribution in [0.1, 0.15) is 77.1 Å². The molecule has 3 atom stereocenters. The van der Waals surface area contributed by atoms with E-state index in [-0.39, 0.29) is 30.7 Å². The van der Waals surface area contributed by atoms with Crippen molar-refractivity contribution in [3.05, 3.63) is 65.2 Å². The number of hydrogen-bond donors (Lipinski definition) is 3. The molecule has 3 amide bonds. The van der Waals surface area contributed by atoms with Gasteiger partial charge in [0.05, 0.1) is 0 Å². The van der Waals surface area contributed by atoms with Crippen molar-refractivity contribution in [3.63, 3.8) is 0 Å². The summed E-state index contributed by atoms with van der Waals surface area (Å²) in [7, 11) is 0. The highest BCUT2D eigenvalue weighted by Crippen LogP contribution is 2.24. The molecule has 0 aliphatic carbocycles. The molecule has 39 heavy (non-hydrogen) atoms. The average Bonchev–Trinajstić information content (AvgIpc) is 2.86. The fraction of sp³-hybridized carbons (Fsp3) is 0.452. The number of benzene rings is 2. The van der Waals surface area contributed by atoms with Crippen molar-refractivity contribution in [3.8, 4) is 18.1 Å². The molecule has 0 aliphatic heterocycles. The van der Waals surface area contributed by atoms with Crippen LogP contribution in [0.2, 0.25) is 0 Å². The van der Waals surface area contributed by atoms with Crippen molar-refractivity contribution in [2.75, 3.05) is 6.54 Å². The number of phenols is 1. The zero-order valence-corrected chi connectivity index (χ0v) is 23.8. The van der Waals surface area contributed by atoms with Crippen molar-refractivity contribution < 1.29 is 24.2 Å². The summed E-state index contributed by atoms with van der Waals surface area (Å²) in [6.45, 7) is 11.2. The van der Waals surface area contributed by atoms with E-state index in [9.17, 15) is 19.5 Å². The Kier molecular flexibility index (Phi) is 11.4. The number of amides is 3. The minimum atomic E-state index is -1.03. The van der Waals surface area contributed by atoms with Gasteiger partial charge in [0.1, 0.15) is 23.4 Å². The molecule has 0 saturated carbocycles. The van der Waals surface area contributed by atoms with Crippen molar-refractivity contribution in [2.45, 2.75) is 84.5 Å². The zero-order chi connectivity index (χ0) is 29.2. The van der Waals surface area contributed by atoms with Crippen LogP contribution in [-0.2, 0) is 20.7 Å². The number of rotatable bonds is 11. The van der Waals surface area contributed by atoms with Gasteiger partial charge < -0.3 is 25.4 Å². The van der Waals surface area contributed by atoms with Gasteiger partial charge in [-0.1, -0.05) is 43.5 Å². The lowest BCUT2D eigenvalue weighted by Gasteiger charge is -2.34. The smallest absolute Gasteiger partial charge is 0.408 e. The summed E-state index contributed by atoms with van der Waals surface area (Å²) in [5.41, 5.74) is 1.21. The average molecular weight is 536 g/mol. The number of aromatic hydroxyl groups is 1. The molecular formula is C31H41N3O5. The molecule has 8 heteroatoms. The summed E-state index contributed by atoms with van der Waals surface area (Å²) in [6, 6.07) is 11.3. The van der Waals surface area contributed by atoms with Crippen molar-refractivity contribution in [2.24, 2.45) is 0 Å². The molecule has 3 unspecified atom stereocenters. The van der Waals surface area contributed by atoms with Crippen LogP contribution in [-0.4, -0.2) is 52.1 Å². The standard InChI is InChI=1S/C31H41N3O5/c1-8-11-21(4)32-28(36)27(24-16-12-22(9-2)13-17-24)34(10-3)29(37)26(33-30(38)39-31(5,6)7)20-23-14-18-25(35)19-15-23/h2,12-19,21,26-27,35H,8,10-11,20H2,1,3-7H3,(H,32,36)(H,33,38). The maximum Gasteiger partial charge on any atom is 0.408 e. The van der Waals surface area contributed by atoms with Gasteiger partial charge in [-0.3, -0.25) is 9.59 Å². The summed E-state index contributed by atoms with van der Waals surface area (Å²) in [5.74, 6) is 1.89. The third kappa shape index (κ3) is 9.68. The van der Waals surface area contributed by atoms with Gasteiger partial charge in [-0.2, -0.15) is 0 Å². The first-order chi connectivity index (χ1) is 18.4. The molecule has 8 nitrogen and oxygen atoms in total. The van der Waals surface area contributed by atoms with Crippen LogP contribution in [0, 0.1) is 12.3 Å². The Morgan fingerprint density at radius 3 is 2.15 bits per heavy atom. The van der Waals surface area contributed by atoms with Crippen LogP contribution in [0.5, 0.6) is 5.75 Å². The van der Waals surface area contributed by atoms with Crippen LogP contribution in [0.25, 0.3) is 0 Å². The molecule has 210 valence electrons. The molecule has 0 fully saturated rings. The van der Waals surface area contributed by atoms with Gasteiger partial charge in [0.15, 0.2) is 0 Å². The largest absolute Gasteiger partial charge is 0.508 e. The molecule has 0 spiro atoms. The van der Waals surface area contributed by atoms with Gasteiger partial charge in [0.2, 0.25) is 11.8 Å². The highest BCUT2D eigenvalue weighted by Gasteiger charge is 2.36. The number of nitrogens with zero attached hydrogens (tertiary/aromatic N) is 1. The number of nitrogens with one attached hydrogen (secondary N) is 2. The Balaban J connectivity index is 2.49. The Bertz CT molecular complexity index is 1150. The Labute approximate surface area is 232 Å². The Hall–Kier alpha value is -3.99. The lowest BCUT2D eigenvalue weighted by atomic mass is 9.99. The molecule has 0 bridgehead atoms. The van der Waals surface area contributed by atoms with Gasteiger partial charge in [-0.15, -0.1) is 6.42 Å². The van der Waals surface area contributed by atoms with Crippen LogP contribution < -0.4 is 10.6 Å². The van der Waals surface area contributed by atoms with Gasteiger partial charge in [-0.25, -0.2) is 4.79 Å². The number of ether oxygens (including phenoxy) is 1. The maximum atomic E-state index is 14.1. The molecule has 3 N–H and O–H groups in total. The van der Waals surface area contributed by atoms with Crippen LogP contribution in [0.4, 0.5) is 4.79 Å². The molecule has 2 aromatic carbocycles. The first kappa shape index (κ1) is 31.2. The topological polar surface area (TPSA) is 108 Å². The van der Waals surface area contributed by atoms with Gasteiger partial charge in [0, 0.05) is 24.6 Å². The summed E-state index contributed by atoms with van der Waals surface area (Å²) in [4.78, 5) is 41.9. The minimum absolute atomic E-state index is 0.0866.